The molecule has 2 unspecified atom stereocenters. The van der Waals surface area contributed by atoms with Gasteiger partial charge in [0.15, 0.2) is 0 Å². The molecular weight excluding hydrogens is 256 g/mol. The Balaban J connectivity index is 1.79. The molecule has 1 fully saturated rings. The van der Waals surface area contributed by atoms with E-state index < -0.39 is 0 Å². The van der Waals surface area contributed by atoms with E-state index in [1.165, 1.54) is 30.2 Å². The number of hydrogen-bond donors (Lipinski definition) is 1. The van der Waals surface area contributed by atoms with Crippen LogP contribution in [0.2, 0.25) is 0 Å². The van der Waals surface area contributed by atoms with Gasteiger partial charge in [-0.15, -0.1) is 0 Å². The van der Waals surface area contributed by atoms with Crippen LogP contribution in [0, 0.1) is 5.92 Å². The molecule has 2 nitrogen and oxygen atoms in total. The second-order valence-corrected chi connectivity index (χ2v) is 7.38. The fourth-order valence-electron chi connectivity index (χ4n) is 3.47. The van der Waals surface area contributed by atoms with Gasteiger partial charge in [-0.25, -0.2) is 0 Å². The molecule has 2 aromatic rings. The zero-order valence-electron chi connectivity index (χ0n) is 13.4. The molecule has 0 spiro atoms. The van der Waals surface area contributed by atoms with Crippen LogP contribution in [-0.4, -0.2) is 17.1 Å². The van der Waals surface area contributed by atoms with Crippen molar-refractivity contribution in [1.82, 2.24) is 10.3 Å². The highest BCUT2D eigenvalue weighted by Crippen LogP contribution is 2.40. The topological polar surface area (TPSA) is 24.9 Å². The summed E-state index contributed by atoms with van der Waals surface area (Å²) in [5, 5.41) is 4.92. The van der Waals surface area contributed by atoms with Crippen molar-refractivity contribution in [3.05, 3.63) is 42.1 Å². The third kappa shape index (κ3) is 3.44. The molecule has 3 rings (SSSR count). The Morgan fingerprint density at radius 2 is 2.05 bits per heavy atom. The number of benzene rings is 1. The van der Waals surface area contributed by atoms with Gasteiger partial charge >= 0.3 is 0 Å². The second-order valence-electron chi connectivity index (χ2n) is 7.38. The Kier molecular flexibility index (Phi) is 3.99. The van der Waals surface area contributed by atoms with Crippen LogP contribution in [0.5, 0.6) is 0 Å². The number of pyridine rings is 1. The molecule has 0 saturated heterocycles. The van der Waals surface area contributed by atoms with Gasteiger partial charge in [-0.3, -0.25) is 4.98 Å². The number of aromatic nitrogens is 1. The number of nitrogens with zero attached hydrogens (tertiary/aromatic N) is 1. The van der Waals surface area contributed by atoms with Gasteiger partial charge in [-0.05, 0) is 69.7 Å². The fraction of sp³-hybridized carbons (Fsp3) is 0.526. The molecule has 1 aromatic carbocycles. The third-order valence-corrected chi connectivity index (χ3v) is 4.61. The van der Waals surface area contributed by atoms with E-state index in [9.17, 15) is 0 Å². The summed E-state index contributed by atoms with van der Waals surface area (Å²) in [5.74, 6) is 1.44. The normalized spacial score (nSPS) is 22.8. The molecular formula is C19H26N2. The first-order valence-corrected chi connectivity index (χ1v) is 8.13. The molecule has 0 aliphatic heterocycles. The van der Waals surface area contributed by atoms with Crippen LogP contribution in [0.4, 0.5) is 0 Å². The zero-order valence-corrected chi connectivity index (χ0v) is 13.4. The van der Waals surface area contributed by atoms with Crippen molar-refractivity contribution in [3.63, 3.8) is 0 Å². The Labute approximate surface area is 128 Å². The molecule has 1 N–H and O–H groups in total. The van der Waals surface area contributed by atoms with Crippen molar-refractivity contribution in [2.75, 3.05) is 6.54 Å². The predicted octanol–water partition coefficient (Wildman–Crippen LogP) is 4.51. The zero-order chi connectivity index (χ0) is 14.9. The van der Waals surface area contributed by atoms with Crippen molar-refractivity contribution in [2.24, 2.45) is 5.92 Å². The summed E-state index contributed by atoms with van der Waals surface area (Å²) in [6.07, 6.45) is 5.89. The highest BCUT2D eigenvalue weighted by molar-refractivity contribution is 5.79. The quantitative estimate of drug-likeness (QED) is 0.896. The van der Waals surface area contributed by atoms with E-state index in [1.54, 1.807) is 0 Å². The minimum atomic E-state index is 0.206. The standard InChI is InChI=1S/C19H26N2/c1-19(2,3)21-13-16-6-4-8-17(16)15-10-9-14-7-5-11-20-18(14)12-15/h5,7,9-12,16-17,21H,4,6,8,13H2,1-3H3. The first kappa shape index (κ1) is 14.5. The van der Waals surface area contributed by atoms with Gasteiger partial charge in [-0.2, -0.15) is 0 Å². The maximum atomic E-state index is 4.51. The number of hydrogen-bond acceptors (Lipinski definition) is 2. The van der Waals surface area contributed by atoms with Crippen molar-refractivity contribution < 1.29 is 0 Å². The fourth-order valence-corrected chi connectivity index (χ4v) is 3.47. The van der Waals surface area contributed by atoms with E-state index >= 15 is 0 Å². The molecule has 1 saturated carbocycles. The molecule has 21 heavy (non-hydrogen) atoms. The van der Waals surface area contributed by atoms with Crippen LogP contribution in [0.15, 0.2) is 36.5 Å². The van der Waals surface area contributed by atoms with E-state index in [0.29, 0.717) is 5.92 Å². The monoisotopic (exact) mass is 282 g/mol. The summed E-state index contributed by atoms with van der Waals surface area (Å²) in [7, 11) is 0. The Morgan fingerprint density at radius 3 is 2.86 bits per heavy atom. The summed E-state index contributed by atoms with van der Waals surface area (Å²) >= 11 is 0. The largest absolute Gasteiger partial charge is 0.312 e. The lowest BCUT2D eigenvalue weighted by atomic mass is 9.88. The van der Waals surface area contributed by atoms with Crippen LogP contribution in [0.3, 0.4) is 0 Å². The molecule has 1 aliphatic carbocycles. The van der Waals surface area contributed by atoms with Crippen LogP contribution in [0.1, 0.15) is 51.5 Å². The molecule has 0 bridgehead atoms. The number of nitrogens with one attached hydrogen (secondary N) is 1. The Hall–Kier alpha value is -1.41. The van der Waals surface area contributed by atoms with Gasteiger partial charge in [0.1, 0.15) is 0 Å². The predicted molar refractivity (Wildman–Crippen MR) is 89.6 cm³/mol. The lowest BCUT2D eigenvalue weighted by Crippen LogP contribution is -2.39. The van der Waals surface area contributed by atoms with E-state index in [0.717, 1.165) is 18.0 Å². The average Bonchev–Trinajstić information content (AvgIpc) is 2.92. The molecule has 0 radical (unpaired) electrons. The maximum Gasteiger partial charge on any atom is 0.0704 e. The third-order valence-electron chi connectivity index (χ3n) is 4.61. The van der Waals surface area contributed by atoms with Crippen LogP contribution in [-0.2, 0) is 0 Å². The van der Waals surface area contributed by atoms with Crippen molar-refractivity contribution >= 4 is 10.9 Å². The van der Waals surface area contributed by atoms with Gasteiger partial charge in [0, 0.05) is 17.1 Å². The minimum absolute atomic E-state index is 0.206. The summed E-state index contributed by atoms with van der Waals surface area (Å²) in [6.45, 7) is 7.86. The second kappa shape index (κ2) is 5.76. The van der Waals surface area contributed by atoms with Crippen LogP contribution >= 0.6 is 0 Å². The highest BCUT2D eigenvalue weighted by Gasteiger charge is 2.29. The summed E-state index contributed by atoms with van der Waals surface area (Å²) < 4.78 is 0. The van der Waals surface area contributed by atoms with Gasteiger partial charge in [0.05, 0.1) is 5.52 Å². The molecule has 0 amide bonds. The Bertz CT molecular complexity index is 612. The Morgan fingerprint density at radius 1 is 1.19 bits per heavy atom. The first-order chi connectivity index (χ1) is 10.0. The highest BCUT2D eigenvalue weighted by atomic mass is 14.9. The molecule has 2 heteroatoms. The molecule has 112 valence electrons. The van der Waals surface area contributed by atoms with Crippen LogP contribution < -0.4 is 5.32 Å². The smallest absolute Gasteiger partial charge is 0.0704 e. The molecule has 1 heterocycles. The summed E-state index contributed by atoms with van der Waals surface area (Å²) in [6, 6.07) is 11.0. The van der Waals surface area contributed by atoms with Gasteiger partial charge < -0.3 is 5.32 Å². The van der Waals surface area contributed by atoms with Gasteiger partial charge in [0.25, 0.3) is 0 Å². The van der Waals surface area contributed by atoms with Crippen molar-refractivity contribution in [1.29, 1.82) is 0 Å². The van der Waals surface area contributed by atoms with E-state index in [2.05, 4.69) is 55.3 Å². The number of fused-ring (bicyclic) bond motifs is 1. The first-order valence-electron chi connectivity index (χ1n) is 8.13. The average molecular weight is 282 g/mol. The van der Waals surface area contributed by atoms with Gasteiger partial charge in [-0.1, -0.05) is 24.6 Å². The molecule has 1 aliphatic rings. The van der Waals surface area contributed by atoms with Crippen molar-refractivity contribution in [3.8, 4) is 0 Å². The van der Waals surface area contributed by atoms with Crippen LogP contribution in [0.25, 0.3) is 10.9 Å². The SMILES string of the molecule is CC(C)(C)NCC1CCCC1c1ccc2cccnc2c1. The summed E-state index contributed by atoms with van der Waals surface area (Å²) in [4.78, 5) is 4.51. The molecule has 2 atom stereocenters. The minimum Gasteiger partial charge on any atom is -0.312 e. The molecule has 1 aromatic heterocycles. The maximum absolute atomic E-state index is 4.51. The van der Waals surface area contributed by atoms with Gasteiger partial charge in [0.2, 0.25) is 0 Å². The van der Waals surface area contributed by atoms with E-state index in [4.69, 9.17) is 0 Å². The van der Waals surface area contributed by atoms with Crippen molar-refractivity contribution in [2.45, 2.75) is 51.5 Å². The number of rotatable bonds is 3. The summed E-state index contributed by atoms with van der Waals surface area (Å²) in [5.41, 5.74) is 2.81. The van der Waals surface area contributed by atoms with E-state index in [1.807, 2.05) is 12.3 Å². The van der Waals surface area contributed by atoms with E-state index in [-0.39, 0.29) is 5.54 Å². The lowest BCUT2D eigenvalue weighted by molar-refractivity contribution is 0.356. The lowest BCUT2D eigenvalue weighted by Gasteiger charge is -2.26.